The van der Waals surface area contributed by atoms with Crippen LogP contribution in [0, 0.1) is 5.92 Å². The summed E-state index contributed by atoms with van der Waals surface area (Å²) < 4.78 is 1.69. The monoisotopic (exact) mass is 307 g/mol. The number of anilines is 1. The molecular formula is C17H17N5O. The molecule has 1 aromatic carbocycles. The number of amides is 1. The minimum Gasteiger partial charge on any atom is -0.326 e. The summed E-state index contributed by atoms with van der Waals surface area (Å²) in [5.74, 6) is 0.493. The quantitative estimate of drug-likeness (QED) is 0.774. The number of pyridine rings is 1. The Hall–Kier alpha value is -2.73. The van der Waals surface area contributed by atoms with Gasteiger partial charge in [-0.3, -0.25) is 10.1 Å². The van der Waals surface area contributed by atoms with Crippen LogP contribution < -0.4 is 11.1 Å². The van der Waals surface area contributed by atoms with Gasteiger partial charge in [0.1, 0.15) is 0 Å². The largest absolute Gasteiger partial charge is 0.326 e. The molecule has 1 amide bonds. The van der Waals surface area contributed by atoms with Crippen LogP contribution in [0.3, 0.4) is 0 Å². The second-order valence-electron chi connectivity index (χ2n) is 5.79. The first kappa shape index (κ1) is 13.9. The van der Waals surface area contributed by atoms with Crippen LogP contribution in [0.4, 0.5) is 5.95 Å². The van der Waals surface area contributed by atoms with Crippen LogP contribution in [0.2, 0.25) is 0 Å². The highest BCUT2D eigenvalue weighted by Crippen LogP contribution is 2.30. The molecule has 0 saturated heterocycles. The summed E-state index contributed by atoms with van der Waals surface area (Å²) >= 11 is 0. The highest BCUT2D eigenvalue weighted by molar-refractivity contribution is 5.93. The van der Waals surface area contributed by atoms with Crippen molar-refractivity contribution in [3.63, 3.8) is 0 Å². The van der Waals surface area contributed by atoms with Crippen molar-refractivity contribution in [1.29, 1.82) is 0 Å². The zero-order valence-electron chi connectivity index (χ0n) is 12.6. The molecule has 2 heterocycles. The maximum atomic E-state index is 11.9. The average molecular weight is 307 g/mol. The maximum Gasteiger partial charge on any atom is 0.249 e. The SMILES string of the molecule is NCc1ccc(-c2cccn3nc(NC(=O)C4CC4)nc23)cc1. The van der Waals surface area contributed by atoms with Gasteiger partial charge in [-0.1, -0.05) is 24.3 Å². The van der Waals surface area contributed by atoms with E-state index < -0.39 is 0 Å². The molecule has 6 nitrogen and oxygen atoms in total. The van der Waals surface area contributed by atoms with Gasteiger partial charge in [0, 0.05) is 24.2 Å². The average Bonchev–Trinajstić information content (AvgIpc) is 3.35. The Morgan fingerprint density at radius 1 is 1.26 bits per heavy atom. The number of hydrogen-bond acceptors (Lipinski definition) is 4. The Morgan fingerprint density at radius 2 is 2.04 bits per heavy atom. The van der Waals surface area contributed by atoms with Crippen LogP contribution in [-0.2, 0) is 11.3 Å². The second kappa shape index (κ2) is 5.48. The number of aromatic nitrogens is 3. The summed E-state index contributed by atoms with van der Waals surface area (Å²) in [5, 5.41) is 7.13. The fourth-order valence-corrected chi connectivity index (χ4v) is 2.56. The normalized spacial score (nSPS) is 14.1. The summed E-state index contributed by atoms with van der Waals surface area (Å²) in [6.07, 6.45) is 3.74. The van der Waals surface area contributed by atoms with E-state index >= 15 is 0 Å². The molecule has 1 fully saturated rings. The summed E-state index contributed by atoms with van der Waals surface area (Å²) in [7, 11) is 0. The van der Waals surface area contributed by atoms with Crippen molar-refractivity contribution in [1.82, 2.24) is 14.6 Å². The van der Waals surface area contributed by atoms with Crippen molar-refractivity contribution in [3.8, 4) is 11.1 Å². The first-order chi connectivity index (χ1) is 11.2. The second-order valence-corrected chi connectivity index (χ2v) is 5.79. The lowest BCUT2D eigenvalue weighted by Gasteiger charge is -2.04. The molecule has 2 aromatic heterocycles. The van der Waals surface area contributed by atoms with Crippen LogP contribution in [0.15, 0.2) is 42.6 Å². The Bertz CT molecular complexity index is 864. The Labute approximate surface area is 133 Å². The van der Waals surface area contributed by atoms with Gasteiger partial charge < -0.3 is 5.73 Å². The zero-order valence-corrected chi connectivity index (χ0v) is 12.6. The number of carbonyl (C=O) groups is 1. The van der Waals surface area contributed by atoms with E-state index in [-0.39, 0.29) is 11.8 Å². The number of hydrogen-bond donors (Lipinski definition) is 2. The molecule has 4 rings (SSSR count). The molecule has 3 aromatic rings. The third-order valence-corrected chi connectivity index (χ3v) is 4.05. The van der Waals surface area contributed by atoms with Gasteiger partial charge in [-0.25, -0.2) is 4.52 Å². The highest BCUT2D eigenvalue weighted by atomic mass is 16.2. The number of rotatable bonds is 4. The molecule has 116 valence electrons. The van der Waals surface area contributed by atoms with Crippen molar-refractivity contribution in [3.05, 3.63) is 48.2 Å². The molecule has 1 saturated carbocycles. The van der Waals surface area contributed by atoms with Crippen molar-refractivity contribution < 1.29 is 4.79 Å². The molecule has 1 aliphatic rings. The number of nitrogens with one attached hydrogen (secondary N) is 1. The molecule has 6 heteroatoms. The summed E-state index contributed by atoms with van der Waals surface area (Å²) in [5.41, 5.74) is 9.46. The molecule has 3 N–H and O–H groups in total. The van der Waals surface area contributed by atoms with E-state index in [0.717, 1.165) is 35.2 Å². The van der Waals surface area contributed by atoms with Gasteiger partial charge in [0.05, 0.1) is 0 Å². The molecule has 0 spiro atoms. The number of benzene rings is 1. The van der Waals surface area contributed by atoms with Gasteiger partial charge in [0.25, 0.3) is 0 Å². The van der Waals surface area contributed by atoms with E-state index in [1.54, 1.807) is 4.52 Å². The molecule has 0 atom stereocenters. The number of fused-ring (bicyclic) bond motifs is 1. The third kappa shape index (κ3) is 2.68. The minimum absolute atomic E-state index is 0.00903. The van der Waals surface area contributed by atoms with Crippen molar-refractivity contribution in [2.75, 3.05) is 5.32 Å². The van der Waals surface area contributed by atoms with E-state index in [1.807, 2.05) is 42.6 Å². The Balaban J connectivity index is 1.71. The first-order valence-corrected chi connectivity index (χ1v) is 7.70. The van der Waals surface area contributed by atoms with Crippen LogP contribution in [0.5, 0.6) is 0 Å². The minimum atomic E-state index is 0.00903. The number of carbonyl (C=O) groups excluding carboxylic acids is 1. The van der Waals surface area contributed by atoms with E-state index in [1.165, 1.54) is 0 Å². The number of nitrogens with zero attached hydrogens (tertiary/aromatic N) is 3. The fourth-order valence-electron chi connectivity index (χ4n) is 2.56. The molecular weight excluding hydrogens is 290 g/mol. The fraction of sp³-hybridized carbons (Fsp3) is 0.235. The lowest BCUT2D eigenvalue weighted by Crippen LogP contribution is -2.14. The molecule has 0 aliphatic heterocycles. The topological polar surface area (TPSA) is 85.3 Å². The van der Waals surface area contributed by atoms with Crippen molar-refractivity contribution >= 4 is 17.5 Å². The highest BCUT2D eigenvalue weighted by Gasteiger charge is 2.30. The van der Waals surface area contributed by atoms with Crippen molar-refractivity contribution in [2.45, 2.75) is 19.4 Å². The lowest BCUT2D eigenvalue weighted by molar-refractivity contribution is -0.117. The summed E-state index contributed by atoms with van der Waals surface area (Å²) in [4.78, 5) is 16.3. The molecule has 23 heavy (non-hydrogen) atoms. The molecule has 0 radical (unpaired) electrons. The molecule has 0 bridgehead atoms. The van der Waals surface area contributed by atoms with Gasteiger partial charge >= 0.3 is 0 Å². The van der Waals surface area contributed by atoms with Crippen LogP contribution in [0.25, 0.3) is 16.8 Å². The van der Waals surface area contributed by atoms with E-state index in [0.29, 0.717) is 12.5 Å². The molecule has 0 unspecified atom stereocenters. The lowest BCUT2D eigenvalue weighted by atomic mass is 10.1. The first-order valence-electron chi connectivity index (χ1n) is 7.70. The van der Waals surface area contributed by atoms with Gasteiger partial charge in [-0.05, 0) is 36.1 Å². The van der Waals surface area contributed by atoms with E-state index in [4.69, 9.17) is 5.73 Å². The Kier molecular flexibility index (Phi) is 3.31. The van der Waals surface area contributed by atoms with E-state index in [2.05, 4.69) is 15.4 Å². The summed E-state index contributed by atoms with van der Waals surface area (Å²) in [6, 6.07) is 12.0. The maximum absolute atomic E-state index is 11.9. The van der Waals surface area contributed by atoms with E-state index in [9.17, 15) is 4.79 Å². The summed E-state index contributed by atoms with van der Waals surface area (Å²) in [6.45, 7) is 0.521. The number of nitrogens with two attached hydrogens (primary N) is 1. The van der Waals surface area contributed by atoms with Crippen LogP contribution in [0.1, 0.15) is 18.4 Å². The van der Waals surface area contributed by atoms with Gasteiger partial charge in [-0.15, -0.1) is 5.10 Å². The zero-order chi connectivity index (χ0) is 15.8. The smallest absolute Gasteiger partial charge is 0.249 e. The third-order valence-electron chi connectivity index (χ3n) is 4.05. The molecule has 1 aliphatic carbocycles. The van der Waals surface area contributed by atoms with Crippen LogP contribution >= 0.6 is 0 Å². The van der Waals surface area contributed by atoms with Crippen LogP contribution in [-0.4, -0.2) is 20.5 Å². The predicted octanol–water partition coefficient (Wildman–Crippen LogP) is 2.20. The van der Waals surface area contributed by atoms with Gasteiger partial charge in [0.15, 0.2) is 5.65 Å². The standard InChI is InChI=1S/C17H17N5O/c18-10-11-3-5-12(6-4-11)14-2-1-9-22-15(14)19-17(21-22)20-16(23)13-7-8-13/h1-6,9,13H,7-8,10,18H2,(H,20,21,23). The predicted molar refractivity (Wildman–Crippen MR) is 87.7 cm³/mol. The van der Waals surface area contributed by atoms with Crippen molar-refractivity contribution in [2.24, 2.45) is 11.7 Å². The Morgan fingerprint density at radius 3 is 2.74 bits per heavy atom. The van der Waals surface area contributed by atoms with Gasteiger partial charge in [0.2, 0.25) is 11.9 Å². The van der Waals surface area contributed by atoms with Gasteiger partial charge in [-0.2, -0.15) is 4.98 Å².